The van der Waals surface area contributed by atoms with Gasteiger partial charge in [-0.05, 0) is 24.0 Å². The van der Waals surface area contributed by atoms with Crippen molar-refractivity contribution in [1.29, 1.82) is 0 Å². The molecule has 0 amide bonds. The highest BCUT2D eigenvalue weighted by Crippen LogP contribution is 2.35. The van der Waals surface area contributed by atoms with E-state index in [4.69, 9.17) is 5.73 Å². The topological polar surface area (TPSA) is 29.3 Å². The number of nitrogens with zero attached hydrogens (tertiary/aromatic N) is 1. The molecule has 0 atom stereocenters. The molecule has 2 N–H and O–H groups in total. The van der Waals surface area contributed by atoms with E-state index in [-0.39, 0.29) is 5.54 Å². The molecule has 0 saturated heterocycles. The average Bonchev–Trinajstić information content (AvgIpc) is 2.63. The van der Waals surface area contributed by atoms with Gasteiger partial charge in [-0.25, -0.2) is 0 Å². The molecule has 3 rings (SSSR count). The second-order valence-corrected chi connectivity index (χ2v) is 6.82. The van der Waals surface area contributed by atoms with Gasteiger partial charge >= 0.3 is 0 Å². The minimum atomic E-state index is 0.157. The van der Waals surface area contributed by atoms with Gasteiger partial charge < -0.3 is 5.73 Å². The predicted octanol–water partition coefficient (Wildman–Crippen LogP) is 4.35. The first kappa shape index (κ1) is 16.2. The van der Waals surface area contributed by atoms with Gasteiger partial charge in [-0.2, -0.15) is 0 Å². The molecule has 0 heterocycles. The second-order valence-electron chi connectivity index (χ2n) is 6.82. The molecule has 0 unspecified atom stereocenters. The Balaban J connectivity index is 1.85. The molecule has 0 spiro atoms. The summed E-state index contributed by atoms with van der Waals surface area (Å²) in [7, 11) is 0. The summed E-state index contributed by atoms with van der Waals surface area (Å²) < 4.78 is 0. The van der Waals surface area contributed by atoms with Crippen molar-refractivity contribution in [3.63, 3.8) is 0 Å². The largest absolute Gasteiger partial charge is 0.329 e. The van der Waals surface area contributed by atoms with Crippen molar-refractivity contribution < 1.29 is 0 Å². The Kier molecular flexibility index (Phi) is 5.47. The van der Waals surface area contributed by atoms with E-state index in [2.05, 4.69) is 65.6 Å². The van der Waals surface area contributed by atoms with Crippen molar-refractivity contribution in [2.75, 3.05) is 6.54 Å². The van der Waals surface area contributed by atoms with Gasteiger partial charge in [-0.15, -0.1) is 0 Å². The Morgan fingerprint density at radius 3 is 1.65 bits per heavy atom. The van der Waals surface area contributed by atoms with Crippen LogP contribution in [0.4, 0.5) is 0 Å². The lowest BCUT2D eigenvalue weighted by molar-refractivity contribution is 0.0420. The summed E-state index contributed by atoms with van der Waals surface area (Å²) in [5.41, 5.74) is 9.21. The molecule has 0 radical (unpaired) electrons. The van der Waals surface area contributed by atoms with Gasteiger partial charge in [0.05, 0.1) is 0 Å². The van der Waals surface area contributed by atoms with E-state index in [9.17, 15) is 0 Å². The maximum absolute atomic E-state index is 6.30. The van der Waals surface area contributed by atoms with E-state index in [0.29, 0.717) is 0 Å². The lowest BCUT2D eigenvalue weighted by Gasteiger charge is -2.46. The van der Waals surface area contributed by atoms with Crippen LogP contribution < -0.4 is 5.73 Å². The highest BCUT2D eigenvalue weighted by atomic mass is 15.2. The Hall–Kier alpha value is -1.64. The van der Waals surface area contributed by atoms with Crippen LogP contribution in [0.25, 0.3) is 0 Å². The van der Waals surface area contributed by atoms with Crippen LogP contribution in [0.3, 0.4) is 0 Å². The average molecular weight is 308 g/mol. The molecular formula is C21H28N2. The molecule has 0 aliphatic heterocycles. The zero-order valence-corrected chi connectivity index (χ0v) is 14.0. The van der Waals surface area contributed by atoms with Crippen molar-refractivity contribution >= 4 is 0 Å². The van der Waals surface area contributed by atoms with E-state index in [0.717, 1.165) is 19.6 Å². The van der Waals surface area contributed by atoms with Gasteiger partial charge in [0.15, 0.2) is 0 Å². The number of benzene rings is 2. The van der Waals surface area contributed by atoms with Crippen LogP contribution in [-0.4, -0.2) is 17.0 Å². The van der Waals surface area contributed by atoms with Crippen LogP contribution in [0.5, 0.6) is 0 Å². The highest BCUT2D eigenvalue weighted by Gasteiger charge is 2.36. The summed E-state index contributed by atoms with van der Waals surface area (Å²) in [5.74, 6) is 0. The van der Waals surface area contributed by atoms with Crippen LogP contribution in [-0.2, 0) is 13.1 Å². The third kappa shape index (κ3) is 4.01. The minimum absolute atomic E-state index is 0.157. The van der Waals surface area contributed by atoms with E-state index in [1.54, 1.807) is 0 Å². The number of rotatable bonds is 6. The summed E-state index contributed by atoms with van der Waals surface area (Å²) in [5, 5.41) is 0. The van der Waals surface area contributed by atoms with E-state index in [1.165, 1.54) is 43.2 Å². The first-order valence-corrected chi connectivity index (χ1v) is 8.85. The standard InChI is InChI=1S/C21H28N2/c22-18-21(14-8-3-9-15-21)23(16-19-10-4-1-5-11-19)17-20-12-6-2-7-13-20/h1-2,4-7,10-13H,3,8-9,14-18,22H2. The first-order valence-electron chi connectivity index (χ1n) is 8.85. The summed E-state index contributed by atoms with van der Waals surface area (Å²) in [6, 6.07) is 21.6. The molecular weight excluding hydrogens is 280 g/mol. The number of hydrogen-bond acceptors (Lipinski definition) is 2. The van der Waals surface area contributed by atoms with Crippen LogP contribution in [0.15, 0.2) is 60.7 Å². The van der Waals surface area contributed by atoms with Crippen molar-refractivity contribution in [2.24, 2.45) is 5.73 Å². The SMILES string of the molecule is NCC1(N(Cc2ccccc2)Cc2ccccc2)CCCCC1. The van der Waals surface area contributed by atoms with E-state index in [1.807, 2.05) is 0 Å². The molecule has 2 aromatic rings. The molecule has 2 heteroatoms. The summed E-state index contributed by atoms with van der Waals surface area (Å²) in [6.07, 6.45) is 6.41. The third-order valence-electron chi connectivity index (χ3n) is 5.27. The van der Waals surface area contributed by atoms with Crippen molar-refractivity contribution in [3.8, 4) is 0 Å². The summed E-state index contributed by atoms with van der Waals surface area (Å²) >= 11 is 0. The molecule has 1 fully saturated rings. The maximum atomic E-state index is 6.30. The molecule has 1 aliphatic carbocycles. The Bertz CT molecular complexity index is 532. The normalized spacial score (nSPS) is 17.3. The van der Waals surface area contributed by atoms with Crippen molar-refractivity contribution in [2.45, 2.75) is 50.7 Å². The molecule has 0 bridgehead atoms. The Morgan fingerprint density at radius 1 is 0.739 bits per heavy atom. The molecule has 2 aromatic carbocycles. The fraction of sp³-hybridized carbons (Fsp3) is 0.429. The van der Waals surface area contributed by atoms with E-state index >= 15 is 0 Å². The minimum Gasteiger partial charge on any atom is -0.329 e. The fourth-order valence-electron chi connectivity index (χ4n) is 3.86. The molecule has 1 aliphatic rings. The maximum Gasteiger partial charge on any atom is 0.0338 e. The summed E-state index contributed by atoms with van der Waals surface area (Å²) in [6.45, 7) is 2.71. The summed E-state index contributed by atoms with van der Waals surface area (Å²) in [4.78, 5) is 2.64. The van der Waals surface area contributed by atoms with Crippen LogP contribution in [0.1, 0.15) is 43.2 Å². The molecule has 122 valence electrons. The molecule has 0 aromatic heterocycles. The van der Waals surface area contributed by atoms with Crippen LogP contribution in [0, 0.1) is 0 Å². The molecule has 23 heavy (non-hydrogen) atoms. The third-order valence-corrected chi connectivity index (χ3v) is 5.27. The van der Waals surface area contributed by atoms with Crippen molar-refractivity contribution in [3.05, 3.63) is 71.8 Å². The second kappa shape index (κ2) is 7.76. The van der Waals surface area contributed by atoms with Crippen molar-refractivity contribution in [1.82, 2.24) is 4.90 Å². The van der Waals surface area contributed by atoms with Gasteiger partial charge in [-0.3, -0.25) is 4.90 Å². The van der Waals surface area contributed by atoms with Gasteiger partial charge in [0.2, 0.25) is 0 Å². The Labute approximate surface area is 140 Å². The first-order chi connectivity index (χ1) is 11.3. The number of nitrogens with two attached hydrogens (primary N) is 1. The lowest BCUT2D eigenvalue weighted by Crippen LogP contribution is -2.54. The predicted molar refractivity (Wildman–Crippen MR) is 97.0 cm³/mol. The van der Waals surface area contributed by atoms with Gasteiger partial charge in [0, 0.05) is 25.2 Å². The fourth-order valence-corrected chi connectivity index (χ4v) is 3.86. The lowest BCUT2D eigenvalue weighted by atomic mass is 9.79. The van der Waals surface area contributed by atoms with E-state index < -0.39 is 0 Å². The number of hydrogen-bond donors (Lipinski definition) is 1. The highest BCUT2D eigenvalue weighted by molar-refractivity contribution is 5.18. The quantitative estimate of drug-likeness (QED) is 0.859. The monoisotopic (exact) mass is 308 g/mol. The van der Waals surface area contributed by atoms with Gasteiger partial charge in [0.25, 0.3) is 0 Å². The van der Waals surface area contributed by atoms with Crippen LogP contribution in [0.2, 0.25) is 0 Å². The zero-order chi connectivity index (χ0) is 16.0. The van der Waals surface area contributed by atoms with Gasteiger partial charge in [0.1, 0.15) is 0 Å². The molecule has 2 nitrogen and oxygen atoms in total. The van der Waals surface area contributed by atoms with Crippen LogP contribution >= 0.6 is 0 Å². The zero-order valence-electron chi connectivity index (χ0n) is 14.0. The smallest absolute Gasteiger partial charge is 0.0338 e. The Morgan fingerprint density at radius 2 is 1.22 bits per heavy atom. The molecule has 1 saturated carbocycles. The van der Waals surface area contributed by atoms with Gasteiger partial charge in [-0.1, -0.05) is 79.9 Å².